The van der Waals surface area contributed by atoms with Crippen molar-refractivity contribution in [3.05, 3.63) is 27.7 Å². The van der Waals surface area contributed by atoms with Gasteiger partial charge in [-0.2, -0.15) is 0 Å². The molecule has 7 heteroatoms. The number of hydrogen-bond acceptors (Lipinski definition) is 3. The molecule has 1 aliphatic heterocycles. The van der Waals surface area contributed by atoms with E-state index >= 15 is 0 Å². The van der Waals surface area contributed by atoms with E-state index in [1.165, 1.54) is 13.5 Å². The lowest BCUT2D eigenvalue weighted by Gasteiger charge is -2.37. The molecule has 0 atom stereocenters. The Hall–Kier alpha value is -1.46. The Morgan fingerprint density at radius 3 is 2.15 bits per heavy atom. The van der Waals surface area contributed by atoms with Gasteiger partial charge in [-0.25, -0.2) is 0 Å². The summed E-state index contributed by atoms with van der Waals surface area (Å²) in [6, 6.07) is 3.21. The van der Waals surface area contributed by atoms with Gasteiger partial charge in [0, 0.05) is 32.1 Å². The lowest BCUT2D eigenvalue weighted by atomic mass is 9.88. The minimum Gasteiger partial charge on any atom is -0.494 e. The van der Waals surface area contributed by atoms with Crippen molar-refractivity contribution in [1.29, 1.82) is 0 Å². The Kier molecular flexibility index (Phi) is 6.30. The summed E-state index contributed by atoms with van der Waals surface area (Å²) in [6.07, 6.45) is 5.50. The molecule has 1 aliphatic carbocycles. The molecule has 0 bridgehead atoms. The van der Waals surface area contributed by atoms with E-state index in [0.29, 0.717) is 42.0 Å². The molecule has 142 valence electrons. The molecule has 2 aliphatic rings. The Balaban J connectivity index is 1.66. The molecule has 0 radical (unpaired) electrons. The van der Waals surface area contributed by atoms with Gasteiger partial charge in [-0.05, 0) is 25.0 Å². The molecule has 1 aromatic rings. The number of nitrogens with zero attached hydrogens (tertiary/aromatic N) is 2. The van der Waals surface area contributed by atoms with Gasteiger partial charge in [-0.15, -0.1) is 0 Å². The fourth-order valence-electron chi connectivity index (χ4n) is 3.83. The number of hydrogen-bond donors (Lipinski definition) is 0. The monoisotopic (exact) mass is 398 g/mol. The lowest BCUT2D eigenvalue weighted by molar-refractivity contribution is -0.138. The maximum Gasteiger partial charge on any atom is 0.259 e. The zero-order chi connectivity index (χ0) is 18.7. The van der Waals surface area contributed by atoms with E-state index in [1.54, 1.807) is 17.0 Å². The zero-order valence-electron chi connectivity index (χ0n) is 15.0. The summed E-state index contributed by atoms with van der Waals surface area (Å²) in [7, 11) is 1.47. The predicted octanol–water partition coefficient (Wildman–Crippen LogP) is 3.87. The summed E-state index contributed by atoms with van der Waals surface area (Å²) in [4.78, 5) is 29.2. The van der Waals surface area contributed by atoms with Crippen LogP contribution in [0.3, 0.4) is 0 Å². The highest BCUT2D eigenvalue weighted by Crippen LogP contribution is 2.35. The van der Waals surface area contributed by atoms with Crippen LogP contribution in [0.25, 0.3) is 0 Å². The molecule has 5 nitrogen and oxygen atoms in total. The van der Waals surface area contributed by atoms with Gasteiger partial charge in [0.25, 0.3) is 5.91 Å². The van der Waals surface area contributed by atoms with Crippen molar-refractivity contribution >= 4 is 35.0 Å². The smallest absolute Gasteiger partial charge is 0.259 e. The minimum absolute atomic E-state index is 0.161. The number of methoxy groups -OCH3 is 1. The molecule has 1 saturated carbocycles. The van der Waals surface area contributed by atoms with Gasteiger partial charge in [-0.1, -0.05) is 42.5 Å². The molecule has 1 saturated heterocycles. The van der Waals surface area contributed by atoms with Crippen LogP contribution in [0.2, 0.25) is 10.0 Å². The highest BCUT2D eigenvalue weighted by atomic mass is 35.5. The van der Waals surface area contributed by atoms with Gasteiger partial charge in [0.1, 0.15) is 5.56 Å². The number of piperazine rings is 1. The second kappa shape index (κ2) is 8.49. The zero-order valence-corrected chi connectivity index (χ0v) is 16.5. The van der Waals surface area contributed by atoms with Crippen molar-refractivity contribution in [2.24, 2.45) is 5.92 Å². The van der Waals surface area contributed by atoms with Crippen molar-refractivity contribution < 1.29 is 14.3 Å². The number of halogens is 2. The van der Waals surface area contributed by atoms with E-state index in [0.717, 1.165) is 25.7 Å². The quantitative estimate of drug-likeness (QED) is 0.776. The fourth-order valence-corrected chi connectivity index (χ4v) is 4.29. The van der Waals surface area contributed by atoms with Gasteiger partial charge in [-0.3, -0.25) is 9.59 Å². The van der Waals surface area contributed by atoms with Crippen LogP contribution in [0.1, 0.15) is 42.5 Å². The first kappa shape index (κ1) is 19.3. The largest absolute Gasteiger partial charge is 0.494 e. The van der Waals surface area contributed by atoms with Crippen molar-refractivity contribution in [3.8, 4) is 5.75 Å². The van der Waals surface area contributed by atoms with Crippen LogP contribution in [0.4, 0.5) is 0 Å². The Labute approximate surface area is 164 Å². The van der Waals surface area contributed by atoms with Gasteiger partial charge in [0.15, 0.2) is 5.75 Å². The number of amides is 2. The SMILES string of the molecule is COc1c(Cl)ccc(Cl)c1C(=O)N1CCN(C(=O)C2CCCCC2)CC1. The van der Waals surface area contributed by atoms with Crippen molar-refractivity contribution in [2.45, 2.75) is 32.1 Å². The van der Waals surface area contributed by atoms with Crippen molar-refractivity contribution in [2.75, 3.05) is 33.3 Å². The third kappa shape index (κ3) is 3.94. The highest BCUT2D eigenvalue weighted by Gasteiger charge is 2.31. The number of rotatable bonds is 3. The van der Waals surface area contributed by atoms with E-state index < -0.39 is 0 Å². The van der Waals surface area contributed by atoms with Gasteiger partial charge < -0.3 is 14.5 Å². The molecule has 1 aromatic carbocycles. The van der Waals surface area contributed by atoms with E-state index in [9.17, 15) is 9.59 Å². The van der Waals surface area contributed by atoms with Crippen LogP contribution < -0.4 is 4.74 Å². The Bertz CT molecular complexity index is 682. The number of ether oxygens (including phenoxy) is 1. The maximum atomic E-state index is 12.9. The summed E-state index contributed by atoms with van der Waals surface area (Å²) < 4.78 is 5.28. The van der Waals surface area contributed by atoms with E-state index in [2.05, 4.69) is 0 Å². The number of benzene rings is 1. The van der Waals surface area contributed by atoms with Crippen LogP contribution in [0.5, 0.6) is 5.75 Å². The predicted molar refractivity (Wildman–Crippen MR) is 102 cm³/mol. The third-order valence-corrected chi connectivity index (χ3v) is 5.92. The second-order valence-corrected chi connectivity index (χ2v) is 7.70. The molecule has 2 amide bonds. The second-order valence-electron chi connectivity index (χ2n) is 6.89. The first-order valence-corrected chi connectivity index (χ1v) is 9.88. The molecular formula is C19H24Cl2N2O3. The molecule has 0 unspecified atom stereocenters. The fraction of sp³-hybridized carbons (Fsp3) is 0.579. The Morgan fingerprint density at radius 1 is 0.962 bits per heavy atom. The molecule has 26 heavy (non-hydrogen) atoms. The van der Waals surface area contributed by atoms with Gasteiger partial charge in [0.2, 0.25) is 5.91 Å². The van der Waals surface area contributed by atoms with E-state index in [4.69, 9.17) is 27.9 Å². The van der Waals surface area contributed by atoms with Crippen molar-refractivity contribution in [1.82, 2.24) is 9.80 Å². The van der Waals surface area contributed by atoms with Gasteiger partial charge in [0.05, 0.1) is 17.2 Å². The van der Waals surface area contributed by atoms with Crippen LogP contribution in [0, 0.1) is 5.92 Å². The molecule has 2 fully saturated rings. The standard InChI is InChI=1S/C19H24Cl2N2O3/c1-26-17-15(21)8-7-14(20)16(17)19(25)23-11-9-22(10-12-23)18(24)13-5-3-2-4-6-13/h7-8,13H,2-6,9-12H2,1H3. The average molecular weight is 399 g/mol. The molecule has 1 heterocycles. The minimum atomic E-state index is -0.209. The highest BCUT2D eigenvalue weighted by molar-refractivity contribution is 6.37. The first-order valence-electron chi connectivity index (χ1n) is 9.13. The summed E-state index contributed by atoms with van der Waals surface area (Å²) in [5, 5.41) is 0.670. The van der Waals surface area contributed by atoms with Crippen LogP contribution >= 0.6 is 23.2 Å². The van der Waals surface area contributed by atoms with E-state index in [1.807, 2.05) is 4.90 Å². The van der Waals surface area contributed by atoms with E-state index in [-0.39, 0.29) is 23.3 Å². The number of carbonyl (C=O) groups excluding carboxylic acids is 2. The van der Waals surface area contributed by atoms with Crippen molar-refractivity contribution in [3.63, 3.8) is 0 Å². The molecule has 0 N–H and O–H groups in total. The lowest BCUT2D eigenvalue weighted by Crippen LogP contribution is -2.52. The molecule has 0 spiro atoms. The first-order chi connectivity index (χ1) is 12.5. The normalized spacial score (nSPS) is 18.7. The van der Waals surface area contributed by atoms with Crippen LogP contribution in [-0.2, 0) is 4.79 Å². The summed E-state index contributed by atoms with van der Waals surface area (Å²) in [5.41, 5.74) is 0.286. The third-order valence-electron chi connectivity index (χ3n) is 5.31. The average Bonchev–Trinajstić information content (AvgIpc) is 2.69. The molecule has 0 aromatic heterocycles. The summed E-state index contributed by atoms with van der Waals surface area (Å²) in [5.74, 6) is 0.493. The summed E-state index contributed by atoms with van der Waals surface area (Å²) in [6.45, 7) is 2.09. The van der Waals surface area contributed by atoms with Crippen LogP contribution in [-0.4, -0.2) is 54.9 Å². The molecular weight excluding hydrogens is 375 g/mol. The Morgan fingerprint density at radius 2 is 1.54 bits per heavy atom. The molecule has 3 rings (SSSR count). The topological polar surface area (TPSA) is 49.9 Å². The van der Waals surface area contributed by atoms with Gasteiger partial charge >= 0.3 is 0 Å². The maximum absolute atomic E-state index is 12.9. The summed E-state index contributed by atoms with van der Waals surface area (Å²) >= 11 is 12.4. The van der Waals surface area contributed by atoms with Crippen LogP contribution in [0.15, 0.2) is 12.1 Å². The number of carbonyl (C=O) groups is 2.